The Kier molecular flexibility index (Phi) is 3.11. The van der Waals surface area contributed by atoms with Gasteiger partial charge >= 0.3 is 0 Å². The molecule has 0 spiro atoms. The summed E-state index contributed by atoms with van der Waals surface area (Å²) in [6, 6.07) is 0. The van der Waals surface area contributed by atoms with Crippen molar-refractivity contribution in [2.75, 3.05) is 6.61 Å². The molecule has 94 valence electrons. The van der Waals surface area contributed by atoms with E-state index in [9.17, 15) is 10.2 Å². The number of hydrogen-bond acceptors (Lipinski definition) is 8. The molecule has 2 aliphatic rings. The van der Waals surface area contributed by atoms with E-state index in [0.29, 0.717) is 0 Å². The van der Waals surface area contributed by atoms with Gasteiger partial charge in [0.2, 0.25) is 0 Å². The lowest BCUT2D eigenvalue weighted by atomic mass is 10.1. The fraction of sp³-hybridized carbons (Fsp3) is 0.556. The van der Waals surface area contributed by atoms with E-state index in [1.54, 1.807) is 0 Å². The number of aliphatic imine (C=N–C) groups is 1. The number of nitrogens with two attached hydrogens (primary N) is 1. The summed E-state index contributed by atoms with van der Waals surface area (Å²) in [6.45, 7) is 3.21. The number of nitrogens with zero attached hydrogens (tertiary/aromatic N) is 3. The molecule has 0 aliphatic carbocycles. The molecule has 0 aromatic heterocycles. The first kappa shape index (κ1) is 12.0. The number of aliphatic hydroxyl groups excluding tert-OH is 3. The third-order valence-corrected chi connectivity index (χ3v) is 2.60. The van der Waals surface area contributed by atoms with E-state index in [0.717, 1.165) is 0 Å². The van der Waals surface area contributed by atoms with E-state index in [1.165, 1.54) is 11.2 Å². The van der Waals surface area contributed by atoms with Crippen molar-refractivity contribution in [3.8, 4) is 0 Å². The van der Waals surface area contributed by atoms with Gasteiger partial charge in [0.15, 0.2) is 6.23 Å². The van der Waals surface area contributed by atoms with E-state index in [-0.39, 0.29) is 11.7 Å². The van der Waals surface area contributed by atoms with Crippen LogP contribution in [0.5, 0.6) is 0 Å². The SMILES string of the molecule is C=C1N=C(N)C=NN1[C@@H]1O[C@H](CO)C(O)[C@@H]1O. The molecule has 1 unspecified atom stereocenters. The fourth-order valence-electron chi connectivity index (χ4n) is 1.71. The summed E-state index contributed by atoms with van der Waals surface area (Å²) in [4.78, 5) is 3.86. The van der Waals surface area contributed by atoms with Gasteiger partial charge in [0.25, 0.3) is 0 Å². The van der Waals surface area contributed by atoms with Gasteiger partial charge in [-0.3, -0.25) is 0 Å². The Morgan fingerprint density at radius 3 is 2.71 bits per heavy atom. The number of hydrogen-bond donors (Lipinski definition) is 4. The molecular weight excluding hydrogens is 228 g/mol. The summed E-state index contributed by atoms with van der Waals surface area (Å²) in [5.41, 5.74) is 5.42. The summed E-state index contributed by atoms with van der Waals surface area (Å²) in [6.07, 6.45) is -2.92. The fourth-order valence-corrected chi connectivity index (χ4v) is 1.71. The third kappa shape index (κ3) is 2.03. The first-order chi connectivity index (χ1) is 8.04. The molecule has 2 heterocycles. The van der Waals surface area contributed by atoms with Crippen LogP contribution in [0.1, 0.15) is 0 Å². The van der Waals surface area contributed by atoms with Gasteiger partial charge in [-0.2, -0.15) is 5.10 Å². The van der Waals surface area contributed by atoms with Crippen molar-refractivity contribution in [2.45, 2.75) is 24.5 Å². The van der Waals surface area contributed by atoms with Crippen LogP contribution in [0.15, 0.2) is 22.5 Å². The van der Waals surface area contributed by atoms with Gasteiger partial charge < -0.3 is 25.8 Å². The molecule has 8 heteroatoms. The predicted octanol–water partition coefficient (Wildman–Crippen LogP) is -2.44. The van der Waals surface area contributed by atoms with Gasteiger partial charge in [-0.25, -0.2) is 10.0 Å². The highest BCUT2D eigenvalue weighted by molar-refractivity contribution is 6.29. The first-order valence-corrected chi connectivity index (χ1v) is 5.03. The van der Waals surface area contributed by atoms with Gasteiger partial charge in [0.05, 0.1) is 12.8 Å². The van der Waals surface area contributed by atoms with Crippen molar-refractivity contribution in [2.24, 2.45) is 15.8 Å². The van der Waals surface area contributed by atoms with Crippen LogP contribution in [0.2, 0.25) is 0 Å². The van der Waals surface area contributed by atoms with Crippen molar-refractivity contribution in [3.63, 3.8) is 0 Å². The molecular formula is C9H14N4O4. The summed E-state index contributed by atoms with van der Waals surface area (Å²) in [5.74, 6) is 0.387. The summed E-state index contributed by atoms with van der Waals surface area (Å²) in [7, 11) is 0. The predicted molar refractivity (Wildman–Crippen MR) is 58.9 cm³/mol. The number of rotatable bonds is 2. The Morgan fingerprint density at radius 2 is 2.18 bits per heavy atom. The average molecular weight is 242 g/mol. The standard InChI is InChI=1S/C9H14N4O4/c1-4-12-6(10)2-11-13(4)9-8(16)7(15)5(3-14)17-9/h2,5,7-9,14-16H,1,3H2,(H2,10,12)/t5-,7?,8+,9-/m1/s1. The largest absolute Gasteiger partial charge is 0.394 e. The Hall–Kier alpha value is -1.48. The van der Waals surface area contributed by atoms with E-state index >= 15 is 0 Å². The Balaban J connectivity index is 2.15. The lowest BCUT2D eigenvalue weighted by Crippen LogP contribution is -2.42. The topological polar surface area (TPSA) is 124 Å². The van der Waals surface area contributed by atoms with Crippen LogP contribution in [0, 0.1) is 0 Å². The van der Waals surface area contributed by atoms with Gasteiger partial charge in [-0.15, -0.1) is 0 Å². The molecule has 0 aromatic rings. The van der Waals surface area contributed by atoms with E-state index in [4.69, 9.17) is 15.6 Å². The lowest BCUT2D eigenvalue weighted by molar-refractivity contribution is -0.0842. The second-order valence-corrected chi connectivity index (χ2v) is 3.77. The maximum atomic E-state index is 9.77. The zero-order valence-electron chi connectivity index (χ0n) is 8.97. The number of hydrazone groups is 1. The van der Waals surface area contributed by atoms with Gasteiger partial charge in [0.1, 0.15) is 30.0 Å². The van der Waals surface area contributed by atoms with Crippen molar-refractivity contribution in [1.29, 1.82) is 0 Å². The first-order valence-electron chi connectivity index (χ1n) is 5.03. The molecule has 8 nitrogen and oxygen atoms in total. The van der Waals surface area contributed by atoms with Crippen LogP contribution in [0.4, 0.5) is 0 Å². The number of aliphatic hydroxyl groups is 3. The van der Waals surface area contributed by atoms with Crippen LogP contribution < -0.4 is 5.73 Å². The normalized spacial score (nSPS) is 37.5. The second kappa shape index (κ2) is 4.41. The van der Waals surface area contributed by atoms with Crippen LogP contribution in [0.25, 0.3) is 0 Å². The number of ether oxygens (including phenoxy) is 1. The summed E-state index contributed by atoms with van der Waals surface area (Å²) in [5, 5.41) is 33.4. The van der Waals surface area contributed by atoms with Gasteiger partial charge in [0, 0.05) is 0 Å². The van der Waals surface area contributed by atoms with E-state index in [2.05, 4.69) is 16.7 Å². The molecule has 5 N–H and O–H groups in total. The highest BCUT2D eigenvalue weighted by Gasteiger charge is 2.46. The van der Waals surface area contributed by atoms with Crippen LogP contribution >= 0.6 is 0 Å². The van der Waals surface area contributed by atoms with Crippen molar-refractivity contribution in [3.05, 3.63) is 12.4 Å². The lowest BCUT2D eigenvalue weighted by Gasteiger charge is -2.28. The summed E-state index contributed by atoms with van der Waals surface area (Å²) >= 11 is 0. The Morgan fingerprint density at radius 1 is 1.47 bits per heavy atom. The minimum absolute atomic E-state index is 0.193. The average Bonchev–Trinajstić information content (AvgIpc) is 2.57. The third-order valence-electron chi connectivity index (χ3n) is 2.60. The molecule has 0 amide bonds. The maximum Gasteiger partial charge on any atom is 0.181 e. The number of amidine groups is 1. The highest BCUT2D eigenvalue weighted by atomic mass is 16.6. The molecule has 2 rings (SSSR count). The molecule has 0 saturated carbocycles. The van der Waals surface area contributed by atoms with Gasteiger partial charge in [-0.05, 0) is 0 Å². The van der Waals surface area contributed by atoms with Crippen LogP contribution in [0.3, 0.4) is 0 Å². The highest BCUT2D eigenvalue weighted by Crippen LogP contribution is 2.27. The maximum absolute atomic E-state index is 9.77. The quantitative estimate of drug-likeness (QED) is 0.426. The smallest absolute Gasteiger partial charge is 0.181 e. The Labute approximate surface area is 97.3 Å². The minimum atomic E-state index is -1.21. The molecule has 17 heavy (non-hydrogen) atoms. The van der Waals surface area contributed by atoms with Crippen molar-refractivity contribution >= 4 is 12.1 Å². The molecule has 1 saturated heterocycles. The minimum Gasteiger partial charge on any atom is -0.394 e. The van der Waals surface area contributed by atoms with Crippen LogP contribution in [-0.2, 0) is 4.74 Å². The summed E-state index contributed by atoms with van der Waals surface area (Å²) < 4.78 is 5.27. The van der Waals surface area contributed by atoms with E-state index < -0.39 is 31.1 Å². The van der Waals surface area contributed by atoms with E-state index in [1.807, 2.05) is 0 Å². The van der Waals surface area contributed by atoms with Gasteiger partial charge in [-0.1, -0.05) is 6.58 Å². The molecule has 2 aliphatic heterocycles. The zero-order valence-corrected chi connectivity index (χ0v) is 8.97. The zero-order chi connectivity index (χ0) is 12.6. The molecule has 0 radical (unpaired) electrons. The molecule has 0 bridgehead atoms. The Bertz CT molecular complexity index is 383. The molecule has 4 atom stereocenters. The van der Waals surface area contributed by atoms with Crippen molar-refractivity contribution in [1.82, 2.24) is 5.01 Å². The van der Waals surface area contributed by atoms with Crippen LogP contribution in [-0.4, -0.2) is 63.5 Å². The molecule has 0 aromatic carbocycles. The van der Waals surface area contributed by atoms with Crippen molar-refractivity contribution < 1.29 is 20.1 Å². The second-order valence-electron chi connectivity index (χ2n) is 3.77. The monoisotopic (exact) mass is 242 g/mol. The molecule has 1 fully saturated rings.